The van der Waals surface area contributed by atoms with Gasteiger partial charge in [0, 0.05) is 6.42 Å². The van der Waals surface area contributed by atoms with Gasteiger partial charge in [-0.15, -0.1) is 0 Å². The number of rotatable bonds is 6. The second-order valence-corrected chi connectivity index (χ2v) is 4.81. The Labute approximate surface area is 110 Å². The summed E-state index contributed by atoms with van der Waals surface area (Å²) in [6, 6.07) is 5.35. The normalized spacial score (nSPS) is 13.1. The van der Waals surface area contributed by atoms with E-state index in [0.29, 0.717) is 0 Å². The molecule has 1 aromatic rings. The van der Waals surface area contributed by atoms with Gasteiger partial charge >= 0.3 is 5.97 Å². The highest BCUT2D eigenvalue weighted by molar-refractivity contribution is 5.89. The fraction of sp³-hybridized carbons (Fsp3) is 0.462. The summed E-state index contributed by atoms with van der Waals surface area (Å²) in [6.07, 6.45) is -0.314. The van der Waals surface area contributed by atoms with Crippen LogP contribution >= 0.6 is 0 Å². The van der Waals surface area contributed by atoms with Crippen molar-refractivity contribution in [3.8, 4) is 0 Å². The first-order chi connectivity index (χ1) is 8.82. The fourth-order valence-electron chi connectivity index (χ4n) is 1.56. The summed E-state index contributed by atoms with van der Waals surface area (Å²) in [5, 5.41) is 13.6. The zero-order valence-electron chi connectivity index (χ0n) is 11.1. The van der Waals surface area contributed by atoms with Gasteiger partial charge in [-0.05, 0) is 37.9 Å². The quantitative estimate of drug-likeness (QED) is 0.636. The third-order valence-electron chi connectivity index (χ3n) is 2.25. The third-order valence-corrected chi connectivity index (χ3v) is 2.25. The predicted octanol–water partition coefficient (Wildman–Crippen LogP) is 2.40. The van der Waals surface area contributed by atoms with E-state index in [9.17, 15) is 14.3 Å². The highest BCUT2D eigenvalue weighted by Crippen LogP contribution is 2.18. The van der Waals surface area contributed by atoms with E-state index in [-0.39, 0.29) is 12.0 Å². The van der Waals surface area contributed by atoms with Crippen molar-refractivity contribution in [2.45, 2.75) is 38.9 Å². The Morgan fingerprint density at radius 2 is 2.05 bits per heavy atom. The summed E-state index contributed by atoms with van der Waals surface area (Å²) in [4.78, 5) is 20.6. The summed E-state index contributed by atoms with van der Waals surface area (Å²) in [5.41, 5.74) is -1.09. The Morgan fingerprint density at radius 3 is 2.63 bits per heavy atom. The van der Waals surface area contributed by atoms with E-state index in [1.54, 1.807) is 20.8 Å². The van der Waals surface area contributed by atoms with Crippen LogP contribution in [0.1, 0.15) is 37.6 Å². The lowest BCUT2D eigenvalue weighted by atomic mass is 10.0. The van der Waals surface area contributed by atoms with Gasteiger partial charge in [0.05, 0.1) is 11.7 Å². The van der Waals surface area contributed by atoms with Gasteiger partial charge in [-0.1, -0.05) is 12.1 Å². The van der Waals surface area contributed by atoms with Gasteiger partial charge in [-0.25, -0.2) is 9.18 Å². The van der Waals surface area contributed by atoms with E-state index in [1.165, 1.54) is 18.2 Å². The Hall–Kier alpha value is -1.50. The standard InChI is InChI=1S/C13H17FO5/c1-9(15)8-13(2,3)18-19-17-12(16)10-6-4-5-7-11(10)14/h4-7,9,15H,8H2,1-3H3. The molecule has 0 aliphatic rings. The second-order valence-electron chi connectivity index (χ2n) is 4.81. The number of aliphatic hydroxyl groups excluding tert-OH is 1. The van der Waals surface area contributed by atoms with Crippen molar-refractivity contribution in [2.75, 3.05) is 0 Å². The van der Waals surface area contributed by atoms with Crippen molar-refractivity contribution in [1.82, 2.24) is 0 Å². The van der Waals surface area contributed by atoms with Crippen LogP contribution in [-0.2, 0) is 14.8 Å². The van der Waals surface area contributed by atoms with E-state index in [4.69, 9.17) is 4.89 Å². The lowest BCUT2D eigenvalue weighted by molar-refractivity contribution is -0.513. The molecule has 0 saturated carbocycles. The van der Waals surface area contributed by atoms with Crippen molar-refractivity contribution >= 4 is 5.97 Å². The van der Waals surface area contributed by atoms with Gasteiger partial charge < -0.3 is 5.11 Å². The van der Waals surface area contributed by atoms with Crippen LogP contribution in [0.3, 0.4) is 0 Å². The van der Waals surface area contributed by atoms with Crippen molar-refractivity contribution < 1.29 is 29.1 Å². The molecule has 1 aromatic carbocycles. The summed E-state index contributed by atoms with van der Waals surface area (Å²) >= 11 is 0. The van der Waals surface area contributed by atoms with E-state index in [2.05, 4.69) is 9.93 Å². The van der Waals surface area contributed by atoms with Gasteiger partial charge in [0.1, 0.15) is 11.4 Å². The monoisotopic (exact) mass is 272 g/mol. The lowest BCUT2D eigenvalue weighted by Gasteiger charge is -2.23. The minimum Gasteiger partial charge on any atom is -0.393 e. The van der Waals surface area contributed by atoms with Crippen LogP contribution in [0, 0.1) is 5.82 Å². The van der Waals surface area contributed by atoms with Crippen molar-refractivity contribution in [2.24, 2.45) is 0 Å². The van der Waals surface area contributed by atoms with Crippen molar-refractivity contribution in [3.05, 3.63) is 35.6 Å². The zero-order valence-corrected chi connectivity index (χ0v) is 11.1. The second kappa shape index (κ2) is 6.60. The first-order valence-electron chi connectivity index (χ1n) is 5.81. The molecule has 0 aliphatic carbocycles. The molecule has 0 heterocycles. The molecule has 19 heavy (non-hydrogen) atoms. The molecule has 6 heteroatoms. The molecule has 0 amide bonds. The van der Waals surface area contributed by atoms with Crippen molar-refractivity contribution in [3.63, 3.8) is 0 Å². The molecule has 1 N–H and O–H groups in total. The van der Waals surface area contributed by atoms with Crippen LogP contribution in [0.5, 0.6) is 0 Å². The minimum absolute atomic E-state index is 0.251. The van der Waals surface area contributed by atoms with Crippen LogP contribution in [0.15, 0.2) is 24.3 Å². The maximum Gasteiger partial charge on any atom is 0.379 e. The molecular weight excluding hydrogens is 255 g/mol. The number of carbonyl (C=O) groups excluding carboxylic acids is 1. The molecule has 5 nitrogen and oxygen atoms in total. The number of hydrogen-bond donors (Lipinski definition) is 1. The first kappa shape index (κ1) is 15.6. The van der Waals surface area contributed by atoms with Gasteiger partial charge in [0.2, 0.25) is 0 Å². The van der Waals surface area contributed by atoms with Gasteiger partial charge in [-0.2, -0.15) is 4.89 Å². The zero-order chi connectivity index (χ0) is 14.5. The summed E-state index contributed by atoms with van der Waals surface area (Å²) < 4.78 is 13.2. The molecule has 106 valence electrons. The molecule has 0 saturated heterocycles. The maximum absolute atomic E-state index is 13.2. The summed E-state index contributed by atoms with van der Waals surface area (Å²) in [7, 11) is 0. The average Bonchev–Trinajstić information content (AvgIpc) is 2.27. The highest BCUT2D eigenvalue weighted by Gasteiger charge is 2.24. The molecule has 0 radical (unpaired) electrons. The third kappa shape index (κ3) is 5.34. The largest absolute Gasteiger partial charge is 0.393 e. The fourth-order valence-corrected chi connectivity index (χ4v) is 1.56. The number of hydrogen-bond acceptors (Lipinski definition) is 5. The van der Waals surface area contributed by atoms with E-state index in [1.807, 2.05) is 0 Å². The summed E-state index contributed by atoms with van der Waals surface area (Å²) in [5.74, 6) is -1.70. The predicted molar refractivity (Wildman–Crippen MR) is 64.4 cm³/mol. The Balaban J connectivity index is 2.46. The van der Waals surface area contributed by atoms with Crippen LogP contribution in [-0.4, -0.2) is 22.8 Å². The summed E-state index contributed by atoms with van der Waals surface area (Å²) in [6.45, 7) is 4.89. The van der Waals surface area contributed by atoms with Crippen LogP contribution in [0.25, 0.3) is 0 Å². The van der Waals surface area contributed by atoms with E-state index >= 15 is 0 Å². The lowest BCUT2D eigenvalue weighted by Crippen LogP contribution is -2.29. The van der Waals surface area contributed by atoms with Gasteiger partial charge in [-0.3, -0.25) is 4.89 Å². The molecule has 0 fully saturated rings. The maximum atomic E-state index is 13.2. The Morgan fingerprint density at radius 1 is 1.42 bits per heavy atom. The van der Waals surface area contributed by atoms with Crippen LogP contribution in [0.2, 0.25) is 0 Å². The molecule has 1 atom stereocenters. The topological polar surface area (TPSA) is 65.0 Å². The smallest absolute Gasteiger partial charge is 0.379 e. The molecule has 0 bridgehead atoms. The number of halogens is 1. The van der Waals surface area contributed by atoms with Gasteiger partial charge in [0.15, 0.2) is 0 Å². The highest BCUT2D eigenvalue weighted by atomic mass is 19.1. The molecule has 0 spiro atoms. The van der Waals surface area contributed by atoms with E-state index < -0.39 is 23.5 Å². The van der Waals surface area contributed by atoms with Crippen LogP contribution < -0.4 is 0 Å². The first-order valence-corrected chi connectivity index (χ1v) is 5.81. The minimum atomic E-state index is -0.994. The SMILES string of the molecule is CC(O)CC(C)(C)OOOC(=O)c1ccccc1F. The number of aliphatic hydroxyl groups is 1. The average molecular weight is 272 g/mol. The Bertz CT molecular complexity index is 431. The molecule has 1 unspecified atom stereocenters. The Kier molecular flexibility index (Phi) is 5.41. The van der Waals surface area contributed by atoms with Crippen LogP contribution in [0.4, 0.5) is 4.39 Å². The van der Waals surface area contributed by atoms with E-state index in [0.717, 1.165) is 6.07 Å². The molecular formula is C13H17FO5. The molecule has 0 aliphatic heterocycles. The van der Waals surface area contributed by atoms with Gasteiger partial charge in [0.25, 0.3) is 0 Å². The number of benzene rings is 1. The molecule has 1 rings (SSSR count). The molecule has 0 aromatic heterocycles. The number of carbonyl (C=O) groups is 1. The van der Waals surface area contributed by atoms with Crippen molar-refractivity contribution in [1.29, 1.82) is 0 Å².